The van der Waals surface area contributed by atoms with E-state index in [1.54, 1.807) is 7.11 Å². The van der Waals surface area contributed by atoms with Gasteiger partial charge in [0.1, 0.15) is 0 Å². The Morgan fingerprint density at radius 1 is 1.29 bits per heavy atom. The van der Waals surface area contributed by atoms with E-state index in [9.17, 15) is 0 Å². The summed E-state index contributed by atoms with van der Waals surface area (Å²) in [5.74, 6) is 1.64. The van der Waals surface area contributed by atoms with Gasteiger partial charge in [-0.2, -0.15) is 0 Å². The Morgan fingerprint density at radius 2 is 2.10 bits per heavy atom. The summed E-state index contributed by atoms with van der Waals surface area (Å²) in [7, 11) is 1.69. The molecule has 0 saturated heterocycles. The minimum atomic E-state index is 0.479. The van der Waals surface area contributed by atoms with Crippen LogP contribution in [-0.2, 0) is 6.54 Å². The molecule has 0 radical (unpaired) electrons. The highest BCUT2D eigenvalue weighted by atomic mass is 16.5. The van der Waals surface area contributed by atoms with E-state index < -0.39 is 0 Å². The van der Waals surface area contributed by atoms with E-state index in [0.29, 0.717) is 18.1 Å². The molecule has 0 aliphatic heterocycles. The van der Waals surface area contributed by atoms with Crippen molar-refractivity contribution < 1.29 is 9.47 Å². The topological polar surface area (TPSA) is 30.5 Å². The van der Waals surface area contributed by atoms with E-state index in [1.165, 1.54) is 31.2 Å². The van der Waals surface area contributed by atoms with Crippen molar-refractivity contribution in [2.75, 3.05) is 13.7 Å². The summed E-state index contributed by atoms with van der Waals surface area (Å²) < 4.78 is 11.0. The molecule has 1 saturated carbocycles. The maximum Gasteiger partial charge on any atom is 0.161 e. The molecule has 118 valence electrons. The van der Waals surface area contributed by atoms with Crippen molar-refractivity contribution in [1.29, 1.82) is 0 Å². The van der Waals surface area contributed by atoms with Gasteiger partial charge in [-0.15, -0.1) is 0 Å². The van der Waals surface area contributed by atoms with Gasteiger partial charge < -0.3 is 14.8 Å². The first kappa shape index (κ1) is 16.2. The summed E-state index contributed by atoms with van der Waals surface area (Å²) in [6.07, 6.45) is 5.23. The first-order valence-corrected chi connectivity index (χ1v) is 8.07. The molecule has 1 atom stereocenters. The third kappa shape index (κ3) is 4.63. The first-order chi connectivity index (χ1) is 10.0. The Bertz CT molecular complexity index is 457. The van der Waals surface area contributed by atoms with E-state index in [0.717, 1.165) is 18.0 Å². The smallest absolute Gasteiger partial charge is 0.161 e. The Morgan fingerprint density at radius 3 is 2.76 bits per heavy atom. The minimum Gasteiger partial charge on any atom is -0.493 e. The number of methoxy groups -OCH3 is 1. The SMILES string of the molecule is CCOc1ccc(CNC2CCCC(C)(C)C2)cc1OC. The van der Waals surface area contributed by atoms with Crippen molar-refractivity contribution in [3.8, 4) is 11.5 Å². The van der Waals surface area contributed by atoms with Crippen LogP contribution in [0.5, 0.6) is 11.5 Å². The largest absolute Gasteiger partial charge is 0.493 e. The molecule has 21 heavy (non-hydrogen) atoms. The normalized spacial score (nSPS) is 21.0. The highest BCUT2D eigenvalue weighted by molar-refractivity contribution is 5.42. The lowest BCUT2D eigenvalue weighted by Crippen LogP contribution is -2.36. The standard InChI is InChI=1S/C18H29NO2/c1-5-21-16-9-8-14(11-17(16)20-4)13-19-15-7-6-10-18(2,3)12-15/h8-9,11,15,19H,5-7,10,12-13H2,1-4H3. The van der Waals surface area contributed by atoms with E-state index in [2.05, 4.69) is 31.3 Å². The highest BCUT2D eigenvalue weighted by Crippen LogP contribution is 2.35. The van der Waals surface area contributed by atoms with Crippen LogP contribution in [0.3, 0.4) is 0 Å². The monoisotopic (exact) mass is 291 g/mol. The van der Waals surface area contributed by atoms with Crippen LogP contribution in [0.2, 0.25) is 0 Å². The fourth-order valence-electron chi connectivity index (χ4n) is 3.23. The van der Waals surface area contributed by atoms with Gasteiger partial charge in [-0.05, 0) is 49.3 Å². The van der Waals surface area contributed by atoms with Gasteiger partial charge in [0.2, 0.25) is 0 Å². The maximum atomic E-state index is 5.56. The third-order valence-electron chi connectivity index (χ3n) is 4.33. The van der Waals surface area contributed by atoms with E-state index >= 15 is 0 Å². The van der Waals surface area contributed by atoms with Gasteiger partial charge in [-0.25, -0.2) is 0 Å². The zero-order chi connectivity index (χ0) is 15.3. The van der Waals surface area contributed by atoms with Gasteiger partial charge in [0, 0.05) is 12.6 Å². The van der Waals surface area contributed by atoms with Crippen LogP contribution in [-0.4, -0.2) is 19.8 Å². The molecule has 1 fully saturated rings. The summed E-state index contributed by atoms with van der Waals surface area (Å²) in [5, 5.41) is 3.70. The Balaban J connectivity index is 1.94. The number of rotatable bonds is 6. The summed E-state index contributed by atoms with van der Waals surface area (Å²) in [6, 6.07) is 6.83. The molecule has 2 rings (SSSR count). The van der Waals surface area contributed by atoms with Crippen LogP contribution < -0.4 is 14.8 Å². The molecule has 1 aromatic carbocycles. The zero-order valence-corrected chi connectivity index (χ0v) is 13.9. The molecule has 0 heterocycles. The van der Waals surface area contributed by atoms with Crippen LogP contribution in [0.4, 0.5) is 0 Å². The lowest BCUT2D eigenvalue weighted by molar-refractivity contribution is 0.197. The Hall–Kier alpha value is -1.22. The second-order valence-electron chi connectivity index (χ2n) is 6.76. The second kappa shape index (κ2) is 7.17. The van der Waals surface area contributed by atoms with Gasteiger partial charge in [-0.1, -0.05) is 26.3 Å². The second-order valence-corrected chi connectivity index (χ2v) is 6.76. The minimum absolute atomic E-state index is 0.479. The van der Waals surface area contributed by atoms with Crippen molar-refractivity contribution in [3.63, 3.8) is 0 Å². The van der Waals surface area contributed by atoms with Crippen molar-refractivity contribution in [1.82, 2.24) is 5.32 Å². The molecule has 1 unspecified atom stereocenters. The van der Waals surface area contributed by atoms with E-state index in [-0.39, 0.29) is 0 Å². The zero-order valence-electron chi connectivity index (χ0n) is 13.9. The molecule has 0 spiro atoms. The lowest BCUT2D eigenvalue weighted by atomic mass is 9.75. The number of hydrogen-bond acceptors (Lipinski definition) is 3. The van der Waals surface area contributed by atoms with Crippen LogP contribution in [0.25, 0.3) is 0 Å². The average molecular weight is 291 g/mol. The van der Waals surface area contributed by atoms with Crippen LogP contribution in [0.1, 0.15) is 52.0 Å². The average Bonchev–Trinajstić information content (AvgIpc) is 2.45. The fraction of sp³-hybridized carbons (Fsp3) is 0.667. The first-order valence-electron chi connectivity index (χ1n) is 8.07. The lowest BCUT2D eigenvalue weighted by Gasteiger charge is -2.35. The van der Waals surface area contributed by atoms with Gasteiger partial charge in [0.05, 0.1) is 13.7 Å². The molecule has 0 amide bonds. The van der Waals surface area contributed by atoms with E-state index in [1.807, 2.05) is 13.0 Å². The van der Waals surface area contributed by atoms with Gasteiger partial charge in [-0.3, -0.25) is 0 Å². The quantitative estimate of drug-likeness (QED) is 0.854. The van der Waals surface area contributed by atoms with Crippen molar-refractivity contribution in [3.05, 3.63) is 23.8 Å². The third-order valence-corrected chi connectivity index (χ3v) is 4.33. The van der Waals surface area contributed by atoms with Crippen molar-refractivity contribution in [2.45, 2.75) is 59.0 Å². The summed E-state index contributed by atoms with van der Waals surface area (Å²) in [6.45, 7) is 8.29. The molecular weight excluding hydrogens is 262 g/mol. The van der Waals surface area contributed by atoms with Crippen LogP contribution in [0.15, 0.2) is 18.2 Å². The number of hydrogen-bond donors (Lipinski definition) is 1. The maximum absolute atomic E-state index is 5.56. The Kier molecular flexibility index (Phi) is 5.51. The molecule has 0 bridgehead atoms. The number of benzene rings is 1. The molecule has 1 aliphatic carbocycles. The fourth-order valence-corrected chi connectivity index (χ4v) is 3.23. The highest BCUT2D eigenvalue weighted by Gasteiger charge is 2.27. The van der Waals surface area contributed by atoms with Crippen LogP contribution in [0, 0.1) is 5.41 Å². The van der Waals surface area contributed by atoms with Gasteiger partial charge >= 0.3 is 0 Å². The number of ether oxygens (including phenoxy) is 2. The summed E-state index contributed by atoms with van der Waals surface area (Å²) in [5.41, 5.74) is 1.73. The molecule has 1 aliphatic rings. The molecule has 0 aromatic heterocycles. The molecule has 1 aromatic rings. The summed E-state index contributed by atoms with van der Waals surface area (Å²) in [4.78, 5) is 0. The predicted octanol–water partition coefficient (Wildman–Crippen LogP) is 4.15. The number of nitrogens with one attached hydrogen (secondary N) is 1. The molecule has 3 nitrogen and oxygen atoms in total. The van der Waals surface area contributed by atoms with Gasteiger partial charge in [0.25, 0.3) is 0 Å². The van der Waals surface area contributed by atoms with Gasteiger partial charge in [0.15, 0.2) is 11.5 Å². The predicted molar refractivity (Wildman–Crippen MR) is 87.0 cm³/mol. The molecule has 1 N–H and O–H groups in total. The summed E-state index contributed by atoms with van der Waals surface area (Å²) >= 11 is 0. The van der Waals surface area contributed by atoms with Crippen LogP contribution >= 0.6 is 0 Å². The Labute approximate surface area is 129 Å². The van der Waals surface area contributed by atoms with Crippen molar-refractivity contribution >= 4 is 0 Å². The molecule has 3 heteroatoms. The molecular formula is C18H29NO2. The van der Waals surface area contributed by atoms with E-state index in [4.69, 9.17) is 9.47 Å². The van der Waals surface area contributed by atoms with Crippen molar-refractivity contribution in [2.24, 2.45) is 5.41 Å².